The van der Waals surface area contributed by atoms with E-state index in [0.717, 1.165) is 70.5 Å². The Morgan fingerprint density at radius 3 is 2.52 bits per heavy atom. The molecule has 29 heavy (non-hydrogen) atoms. The van der Waals surface area contributed by atoms with Crippen LogP contribution >= 0.6 is 0 Å². The van der Waals surface area contributed by atoms with E-state index in [1.807, 2.05) is 13.8 Å². The molecule has 1 aliphatic carbocycles. The second kappa shape index (κ2) is 13.3. The summed E-state index contributed by atoms with van der Waals surface area (Å²) in [6.07, 6.45) is 11.2. The lowest BCUT2D eigenvalue weighted by Crippen LogP contribution is -2.32. The van der Waals surface area contributed by atoms with Crippen molar-refractivity contribution < 1.29 is 28.9 Å². The van der Waals surface area contributed by atoms with E-state index in [1.54, 1.807) is 0 Å². The molecule has 5 atom stereocenters. The van der Waals surface area contributed by atoms with E-state index in [2.05, 4.69) is 0 Å². The average Bonchev–Trinajstić information content (AvgIpc) is 2.98. The third-order valence-corrected chi connectivity index (χ3v) is 6.05. The standard InChI is InChI=1S/C23H40O6/c1-17(2)28-22(26)12-8-6-4-3-5-7-11-18-19(16-24)21(15-20(18)25)29-23-13-9-10-14-27-23/h16-21,23,25H,3-15H2,1-2H3. The molecule has 0 spiro atoms. The Hall–Kier alpha value is -0.980. The van der Waals surface area contributed by atoms with Crippen LogP contribution in [0.4, 0.5) is 0 Å². The number of rotatable bonds is 13. The van der Waals surface area contributed by atoms with Crippen LogP contribution in [-0.2, 0) is 23.8 Å². The number of aliphatic hydroxyl groups excluding tert-OH is 1. The van der Waals surface area contributed by atoms with Crippen LogP contribution in [0.15, 0.2) is 0 Å². The molecule has 2 fully saturated rings. The Morgan fingerprint density at radius 2 is 1.86 bits per heavy atom. The predicted molar refractivity (Wildman–Crippen MR) is 110 cm³/mol. The zero-order valence-electron chi connectivity index (χ0n) is 18.2. The Bertz CT molecular complexity index is 474. The van der Waals surface area contributed by atoms with Gasteiger partial charge in [0.2, 0.25) is 0 Å². The normalized spacial score (nSPS) is 29.9. The van der Waals surface area contributed by atoms with Gasteiger partial charge in [-0.25, -0.2) is 0 Å². The predicted octanol–water partition coefficient (Wildman–Crippen LogP) is 4.17. The van der Waals surface area contributed by atoms with E-state index >= 15 is 0 Å². The van der Waals surface area contributed by atoms with Crippen molar-refractivity contribution in [3.8, 4) is 0 Å². The van der Waals surface area contributed by atoms with Gasteiger partial charge in [-0.15, -0.1) is 0 Å². The number of esters is 1. The highest BCUT2D eigenvalue weighted by Gasteiger charge is 2.43. The lowest BCUT2D eigenvalue weighted by molar-refractivity contribution is -0.195. The number of aldehydes is 1. The van der Waals surface area contributed by atoms with Gasteiger partial charge in [0.1, 0.15) is 6.29 Å². The van der Waals surface area contributed by atoms with Crippen molar-refractivity contribution in [1.29, 1.82) is 0 Å². The average molecular weight is 413 g/mol. The van der Waals surface area contributed by atoms with Crippen LogP contribution < -0.4 is 0 Å². The largest absolute Gasteiger partial charge is 0.463 e. The highest BCUT2D eigenvalue weighted by Crippen LogP contribution is 2.38. The van der Waals surface area contributed by atoms with Crippen LogP contribution in [0.3, 0.4) is 0 Å². The molecule has 0 aromatic heterocycles. The summed E-state index contributed by atoms with van der Waals surface area (Å²) in [7, 11) is 0. The van der Waals surface area contributed by atoms with Crippen molar-refractivity contribution in [3.05, 3.63) is 0 Å². The van der Waals surface area contributed by atoms with E-state index in [4.69, 9.17) is 14.2 Å². The minimum atomic E-state index is -0.467. The molecule has 1 aliphatic heterocycles. The fraction of sp³-hybridized carbons (Fsp3) is 0.913. The molecule has 5 unspecified atom stereocenters. The first-order chi connectivity index (χ1) is 14.0. The third kappa shape index (κ3) is 8.73. The van der Waals surface area contributed by atoms with Gasteiger partial charge in [-0.3, -0.25) is 4.79 Å². The van der Waals surface area contributed by atoms with E-state index in [9.17, 15) is 14.7 Å². The monoisotopic (exact) mass is 412 g/mol. The maximum Gasteiger partial charge on any atom is 0.306 e. The quantitative estimate of drug-likeness (QED) is 0.278. The zero-order valence-corrected chi connectivity index (χ0v) is 18.2. The summed E-state index contributed by atoms with van der Waals surface area (Å²) in [5, 5.41) is 10.5. The number of aliphatic hydroxyl groups is 1. The highest BCUT2D eigenvalue weighted by atomic mass is 16.7. The first-order valence-electron chi connectivity index (χ1n) is 11.6. The summed E-state index contributed by atoms with van der Waals surface area (Å²) in [5.74, 6) is -0.347. The van der Waals surface area contributed by atoms with Gasteiger partial charge in [-0.05, 0) is 51.9 Å². The maximum absolute atomic E-state index is 11.7. The molecular formula is C23H40O6. The topological polar surface area (TPSA) is 82.1 Å². The molecule has 1 heterocycles. The molecule has 6 heteroatoms. The molecule has 168 valence electrons. The summed E-state index contributed by atoms with van der Waals surface area (Å²) in [5.41, 5.74) is 0. The number of carbonyl (C=O) groups excluding carboxylic acids is 2. The number of unbranched alkanes of at least 4 members (excludes halogenated alkanes) is 5. The van der Waals surface area contributed by atoms with Crippen molar-refractivity contribution in [2.75, 3.05) is 6.61 Å². The SMILES string of the molecule is CC(C)OC(=O)CCCCCCCCC1C(O)CC(OC2CCCCO2)C1C=O. The van der Waals surface area contributed by atoms with E-state index < -0.39 is 6.10 Å². The molecule has 6 nitrogen and oxygen atoms in total. The highest BCUT2D eigenvalue weighted by molar-refractivity contribution is 5.69. The molecule has 0 aromatic carbocycles. The maximum atomic E-state index is 11.7. The first-order valence-corrected chi connectivity index (χ1v) is 11.6. The molecule has 1 saturated carbocycles. The molecule has 1 saturated heterocycles. The molecule has 2 aliphatic rings. The number of ether oxygens (including phenoxy) is 3. The van der Waals surface area contributed by atoms with Crippen LogP contribution in [0.2, 0.25) is 0 Å². The van der Waals surface area contributed by atoms with Crippen LogP contribution in [0.5, 0.6) is 0 Å². The van der Waals surface area contributed by atoms with E-state index in [-0.39, 0.29) is 36.3 Å². The second-order valence-electron chi connectivity index (χ2n) is 8.85. The van der Waals surface area contributed by atoms with Crippen molar-refractivity contribution in [3.63, 3.8) is 0 Å². The van der Waals surface area contributed by atoms with E-state index in [0.29, 0.717) is 19.4 Å². The molecule has 0 aromatic rings. The Balaban J connectivity index is 1.58. The minimum absolute atomic E-state index is 0.00751. The molecule has 2 rings (SSSR count). The van der Waals surface area contributed by atoms with Crippen molar-refractivity contribution in [2.45, 2.75) is 115 Å². The molecule has 0 amide bonds. The molecule has 0 radical (unpaired) electrons. The third-order valence-electron chi connectivity index (χ3n) is 6.05. The Labute approximate surface area is 175 Å². The Kier molecular flexibility index (Phi) is 11.2. The molecule has 1 N–H and O–H groups in total. The van der Waals surface area contributed by atoms with Gasteiger partial charge < -0.3 is 24.1 Å². The van der Waals surface area contributed by atoms with Crippen molar-refractivity contribution in [1.82, 2.24) is 0 Å². The number of hydrogen-bond acceptors (Lipinski definition) is 6. The summed E-state index contributed by atoms with van der Waals surface area (Å²) in [6, 6.07) is 0. The van der Waals surface area contributed by atoms with Gasteiger partial charge >= 0.3 is 5.97 Å². The van der Waals surface area contributed by atoms with Crippen molar-refractivity contribution in [2.24, 2.45) is 11.8 Å². The van der Waals surface area contributed by atoms with Gasteiger partial charge in [0.05, 0.1) is 18.3 Å². The van der Waals surface area contributed by atoms with Crippen LogP contribution in [0.25, 0.3) is 0 Å². The number of carbonyl (C=O) groups is 2. The first kappa shape index (κ1) is 24.3. The molecular weight excluding hydrogens is 372 g/mol. The van der Waals surface area contributed by atoms with Crippen LogP contribution in [0.1, 0.15) is 90.9 Å². The van der Waals surface area contributed by atoms with Gasteiger partial charge in [0, 0.05) is 25.4 Å². The lowest BCUT2D eigenvalue weighted by Gasteiger charge is -2.28. The van der Waals surface area contributed by atoms with Gasteiger partial charge in [0.15, 0.2) is 6.29 Å². The summed E-state index contributed by atoms with van der Waals surface area (Å²) in [4.78, 5) is 23.2. The number of hydrogen-bond donors (Lipinski definition) is 1. The fourth-order valence-corrected chi connectivity index (χ4v) is 4.51. The lowest BCUT2D eigenvalue weighted by atomic mass is 9.89. The Morgan fingerprint density at radius 1 is 1.14 bits per heavy atom. The van der Waals surface area contributed by atoms with Gasteiger partial charge in [0.25, 0.3) is 0 Å². The zero-order chi connectivity index (χ0) is 21.1. The minimum Gasteiger partial charge on any atom is -0.463 e. The fourth-order valence-electron chi connectivity index (χ4n) is 4.51. The summed E-state index contributed by atoms with van der Waals surface area (Å²) < 4.78 is 16.8. The van der Waals surface area contributed by atoms with Crippen LogP contribution in [0, 0.1) is 11.8 Å². The van der Waals surface area contributed by atoms with E-state index in [1.165, 1.54) is 0 Å². The van der Waals surface area contributed by atoms with Crippen molar-refractivity contribution >= 4 is 12.3 Å². The molecule has 0 bridgehead atoms. The van der Waals surface area contributed by atoms with Crippen LogP contribution in [-0.4, -0.2) is 48.6 Å². The smallest absolute Gasteiger partial charge is 0.306 e. The summed E-state index contributed by atoms with van der Waals surface area (Å²) >= 11 is 0. The summed E-state index contributed by atoms with van der Waals surface area (Å²) in [6.45, 7) is 4.45. The second-order valence-corrected chi connectivity index (χ2v) is 8.85. The van der Waals surface area contributed by atoms with Gasteiger partial charge in [-0.2, -0.15) is 0 Å². The van der Waals surface area contributed by atoms with Gasteiger partial charge in [-0.1, -0.05) is 32.1 Å².